The van der Waals surface area contributed by atoms with Gasteiger partial charge in [-0.2, -0.15) is 0 Å². The third-order valence-electron chi connectivity index (χ3n) is 3.18. The first-order valence-electron chi connectivity index (χ1n) is 6.20. The van der Waals surface area contributed by atoms with E-state index in [0.717, 1.165) is 0 Å². The first kappa shape index (κ1) is 15.2. The maximum Gasteiger partial charge on any atom is 0.311 e. The number of aliphatic carboxylic acids is 1. The molecule has 0 aliphatic rings. The van der Waals surface area contributed by atoms with E-state index in [0.29, 0.717) is 15.6 Å². The quantitative estimate of drug-likeness (QED) is 0.658. The van der Waals surface area contributed by atoms with Gasteiger partial charge in [0.05, 0.1) is 15.3 Å². The highest BCUT2D eigenvalue weighted by Crippen LogP contribution is 2.32. The highest BCUT2D eigenvalue weighted by atomic mass is 79.9. The van der Waals surface area contributed by atoms with Crippen LogP contribution in [-0.4, -0.2) is 16.0 Å². The average molecular weight is 350 g/mol. The van der Waals surface area contributed by atoms with Crippen LogP contribution in [-0.2, 0) is 11.2 Å². The van der Waals surface area contributed by atoms with Crippen molar-refractivity contribution >= 4 is 27.6 Å². The molecule has 0 aliphatic heterocycles. The summed E-state index contributed by atoms with van der Waals surface area (Å²) in [6.45, 7) is 0. The topological polar surface area (TPSA) is 80.4 Å². The van der Waals surface area contributed by atoms with Crippen molar-refractivity contribution in [3.05, 3.63) is 74.2 Å². The molecule has 0 amide bonds. The molecule has 0 saturated heterocycles. The van der Waals surface area contributed by atoms with Gasteiger partial charge >= 0.3 is 5.97 Å². The molecule has 0 radical (unpaired) electrons. The number of carbonyl (C=O) groups is 1. The van der Waals surface area contributed by atoms with Crippen molar-refractivity contribution < 1.29 is 14.8 Å². The van der Waals surface area contributed by atoms with E-state index < -0.39 is 16.8 Å². The highest BCUT2D eigenvalue weighted by Gasteiger charge is 2.23. The predicted octanol–water partition coefficient (Wildman–Crippen LogP) is 3.77. The maximum absolute atomic E-state index is 11.5. The van der Waals surface area contributed by atoms with Gasteiger partial charge in [0, 0.05) is 6.07 Å². The Hall–Kier alpha value is -2.21. The molecule has 2 aromatic rings. The lowest BCUT2D eigenvalue weighted by molar-refractivity contribution is -0.385. The maximum atomic E-state index is 11.5. The van der Waals surface area contributed by atoms with E-state index in [1.54, 1.807) is 36.4 Å². The Kier molecular flexibility index (Phi) is 4.70. The summed E-state index contributed by atoms with van der Waals surface area (Å²) < 4.78 is 0.331. The summed E-state index contributed by atoms with van der Waals surface area (Å²) in [6, 6.07) is 13.5. The Bertz CT molecular complexity index is 673. The number of nitro benzene ring substituents is 1. The number of hydrogen-bond donors (Lipinski definition) is 1. The Morgan fingerprint density at radius 3 is 2.43 bits per heavy atom. The van der Waals surface area contributed by atoms with Crippen molar-refractivity contribution in [1.29, 1.82) is 0 Å². The van der Waals surface area contributed by atoms with E-state index in [2.05, 4.69) is 15.9 Å². The van der Waals surface area contributed by atoms with Gasteiger partial charge in [-0.15, -0.1) is 0 Å². The van der Waals surface area contributed by atoms with Crippen LogP contribution < -0.4 is 0 Å². The average Bonchev–Trinajstić information content (AvgIpc) is 2.46. The summed E-state index contributed by atoms with van der Waals surface area (Å²) >= 11 is 3.20. The minimum Gasteiger partial charge on any atom is -0.481 e. The van der Waals surface area contributed by atoms with E-state index in [-0.39, 0.29) is 12.1 Å². The molecule has 0 spiro atoms. The lowest BCUT2D eigenvalue weighted by atomic mass is 9.92. The van der Waals surface area contributed by atoms with Crippen LogP contribution in [0.15, 0.2) is 53.0 Å². The summed E-state index contributed by atoms with van der Waals surface area (Å²) in [5.74, 6) is -1.70. The summed E-state index contributed by atoms with van der Waals surface area (Å²) in [6.07, 6.45) is 0.182. The monoisotopic (exact) mass is 349 g/mol. The summed E-state index contributed by atoms with van der Waals surface area (Å²) in [7, 11) is 0. The van der Waals surface area contributed by atoms with Gasteiger partial charge in [0.25, 0.3) is 5.69 Å². The Morgan fingerprint density at radius 1 is 1.19 bits per heavy atom. The molecule has 0 aromatic heterocycles. The molecule has 0 bridgehead atoms. The molecule has 2 rings (SSSR count). The Morgan fingerprint density at radius 2 is 1.86 bits per heavy atom. The Balaban J connectivity index is 2.37. The zero-order chi connectivity index (χ0) is 15.4. The second-order valence-corrected chi connectivity index (χ2v) is 5.31. The molecular formula is C15H12BrNO4. The molecular weight excluding hydrogens is 338 g/mol. The largest absolute Gasteiger partial charge is 0.481 e. The van der Waals surface area contributed by atoms with Crippen LogP contribution in [0.1, 0.15) is 17.0 Å². The van der Waals surface area contributed by atoms with Crippen molar-refractivity contribution in [3.8, 4) is 0 Å². The van der Waals surface area contributed by atoms with Crippen LogP contribution in [0.4, 0.5) is 5.69 Å². The van der Waals surface area contributed by atoms with Crippen LogP contribution in [0.5, 0.6) is 0 Å². The van der Waals surface area contributed by atoms with Crippen molar-refractivity contribution in [2.45, 2.75) is 12.3 Å². The zero-order valence-corrected chi connectivity index (χ0v) is 12.5. The van der Waals surface area contributed by atoms with E-state index in [9.17, 15) is 20.0 Å². The fourth-order valence-corrected chi connectivity index (χ4v) is 2.69. The molecule has 5 nitrogen and oxygen atoms in total. The number of carboxylic acids is 1. The second-order valence-electron chi connectivity index (χ2n) is 4.51. The fraction of sp³-hybridized carbons (Fsp3) is 0.133. The molecule has 0 saturated carbocycles. The van der Waals surface area contributed by atoms with E-state index in [1.807, 2.05) is 6.07 Å². The highest BCUT2D eigenvalue weighted by molar-refractivity contribution is 9.10. The standard InChI is InChI=1S/C15H12BrNO4/c16-14-11(7-4-8-13(14)17(20)21)9-12(15(18)19)10-5-2-1-3-6-10/h1-8,12H,9H2,(H,18,19). The summed E-state index contributed by atoms with van der Waals surface area (Å²) in [5, 5.41) is 20.3. The molecule has 2 aromatic carbocycles. The molecule has 0 fully saturated rings. The zero-order valence-electron chi connectivity index (χ0n) is 10.9. The predicted molar refractivity (Wildman–Crippen MR) is 81.3 cm³/mol. The van der Waals surface area contributed by atoms with Gasteiger partial charge in [-0.1, -0.05) is 42.5 Å². The smallest absolute Gasteiger partial charge is 0.311 e. The molecule has 108 valence electrons. The van der Waals surface area contributed by atoms with Crippen molar-refractivity contribution in [2.75, 3.05) is 0 Å². The molecule has 21 heavy (non-hydrogen) atoms. The lowest BCUT2D eigenvalue weighted by Crippen LogP contribution is -2.14. The molecule has 0 heterocycles. The Labute approximate surface area is 129 Å². The minimum absolute atomic E-state index is 0.0651. The van der Waals surface area contributed by atoms with Crippen LogP contribution >= 0.6 is 15.9 Å². The van der Waals surface area contributed by atoms with Gasteiger partial charge in [0.2, 0.25) is 0 Å². The number of hydrogen-bond acceptors (Lipinski definition) is 3. The summed E-state index contributed by atoms with van der Waals surface area (Å²) in [5.41, 5.74) is 1.20. The van der Waals surface area contributed by atoms with Crippen molar-refractivity contribution in [3.63, 3.8) is 0 Å². The van der Waals surface area contributed by atoms with Crippen molar-refractivity contribution in [2.24, 2.45) is 0 Å². The molecule has 0 aliphatic carbocycles. The number of carboxylic acid groups (broad SMARTS) is 1. The molecule has 1 atom stereocenters. The third-order valence-corrected chi connectivity index (χ3v) is 4.09. The fourth-order valence-electron chi connectivity index (χ4n) is 2.12. The van der Waals surface area contributed by atoms with Gasteiger partial charge in [-0.25, -0.2) is 0 Å². The minimum atomic E-state index is -0.959. The number of halogens is 1. The van der Waals surface area contributed by atoms with Crippen LogP contribution in [0.25, 0.3) is 0 Å². The van der Waals surface area contributed by atoms with E-state index >= 15 is 0 Å². The number of nitro groups is 1. The normalized spacial score (nSPS) is 11.9. The molecule has 1 N–H and O–H groups in total. The van der Waals surface area contributed by atoms with Crippen LogP contribution in [0, 0.1) is 10.1 Å². The number of benzene rings is 2. The first-order valence-corrected chi connectivity index (χ1v) is 6.99. The lowest BCUT2D eigenvalue weighted by Gasteiger charge is -2.14. The number of nitrogens with zero attached hydrogens (tertiary/aromatic N) is 1. The van der Waals surface area contributed by atoms with Crippen LogP contribution in [0.2, 0.25) is 0 Å². The van der Waals surface area contributed by atoms with E-state index in [1.165, 1.54) is 6.07 Å². The SMILES string of the molecule is O=C(O)C(Cc1cccc([N+](=O)[O-])c1Br)c1ccccc1. The first-order chi connectivity index (χ1) is 10.0. The second kappa shape index (κ2) is 6.49. The van der Waals surface area contributed by atoms with E-state index in [4.69, 9.17) is 0 Å². The van der Waals surface area contributed by atoms with Gasteiger partial charge in [0.1, 0.15) is 0 Å². The van der Waals surface area contributed by atoms with Gasteiger partial charge in [0.15, 0.2) is 0 Å². The summed E-state index contributed by atoms with van der Waals surface area (Å²) in [4.78, 5) is 21.9. The van der Waals surface area contributed by atoms with Crippen LogP contribution in [0.3, 0.4) is 0 Å². The molecule has 1 unspecified atom stereocenters. The van der Waals surface area contributed by atoms with Gasteiger partial charge in [-0.3, -0.25) is 14.9 Å². The van der Waals surface area contributed by atoms with Gasteiger partial charge in [-0.05, 0) is 33.5 Å². The van der Waals surface area contributed by atoms with Gasteiger partial charge < -0.3 is 5.11 Å². The molecule has 6 heteroatoms. The third kappa shape index (κ3) is 3.46. The van der Waals surface area contributed by atoms with Crippen molar-refractivity contribution in [1.82, 2.24) is 0 Å². The number of rotatable bonds is 5.